The Morgan fingerprint density at radius 3 is 2.71 bits per heavy atom. The number of para-hydroxylation sites is 1. The zero-order valence-electron chi connectivity index (χ0n) is 14.3. The van der Waals surface area contributed by atoms with Crippen molar-refractivity contribution in [3.8, 4) is 11.5 Å². The summed E-state index contributed by atoms with van der Waals surface area (Å²) < 4.78 is 21.8. The van der Waals surface area contributed by atoms with Crippen molar-refractivity contribution in [2.24, 2.45) is 0 Å². The summed E-state index contributed by atoms with van der Waals surface area (Å²) in [6.45, 7) is 3.99. The first kappa shape index (κ1) is 16.5. The highest BCUT2D eigenvalue weighted by Gasteiger charge is 2.33. The largest absolute Gasteiger partial charge is 0.493 e. The van der Waals surface area contributed by atoms with E-state index in [0.717, 1.165) is 17.7 Å². The molecule has 2 heterocycles. The average molecular weight is 333 g/mol. The molecule has 1 unspecified atom stereocenters. The third kappa shape index (κ3) is 3.00. The molecule has 3 rings (SSSR count). The molecule has 2 aliphatic heterocycles. The van der Waals surface area contributed by atoms with Gasteiger partial charge in [0, 0.05) is 24.6 Å². The Kier molecular flexibility index (Phi) is 4.83. The second-order valence-corrected chi connectivity index (χ2v) is 5.90. The molecule has 24 heavy (non-hydrogen) atoms. The molecule has 1 saturated heterocycles. The Labute approximate surface area is 141 Å². The molecule has 1 atom stereocenters. The zero-order chi connectivity index (χ0) is 17.1. The molecule has 2 aliphatic rings. The van der Waals surface area contributed by atoms with E-state index in [1.54, 1.807) is 21.1 Å². The highest BCUT2D eigenvalue weighted by atomic mass is 16.6. The molecular formula is C18H23NO5. The lowest BCUT2D eigenvalue weighted by Crippen LogP contribution is -2.33. The molecule has 6 nitrogen and oxygen atoms in total. The van der Waals surface area contributed by atoms with E-state index in [1.807, 2.05) is 23.1 Å². The highest BCUT2D eigenvalue weighted by Crippen LogP contribution is 2.39. The number of carbonyl (C=O) groups is 1. The lowest BCUT2D eigenvalue weighted by atomic mass is 9.97. The zero-order valence-corrected chi connectivity index (χ0v) is 14.3. The van der Waals surface area contributed by atoms with Gasteiger partial charge in [-0.1, -0.05) is 12.1 Å². The smallest absolute Gasteiger partial charge is 0.292 e. The van der Waals surface area contributed by atoms with Gasteiger partial charge in [-0.2, -0.15) is 0 Å². The van der Waals surface area contributed by atoms with Gasteiger partial charge in [-0.15, -0.1) is 0 Å². The second kappa shape index (κ2) is 7.03. The van der Waals surface area contributed by atoms with Crippen LogP contribution in [-0.4, -0.2) is 51.3 Å². The van der Waals surface area contributed by atoms with Crippen LogP contribution in [0.5, 0.6) is 11.5 Å². The van der Waals surface area contributed by atoms with Crippen LogP contribution in [0.2, 0.25) is 0 Å². The maximum atomic E-state index is 12.7. The van der Waals surface area contributed by atoms with Gasteiger partial charge in [-0.25, -0.2) is 0 Å². The SMILES string of the molecule is COc1cccc(C2CCN(C(=O)C3=C(C)OCCO3)C2)c1OC. The first-order valence-corrected chi connectivity index (χ1v) is 8.12. The summed E-state index contributed by atoms with van der Waals surface area (Å²) >= 11 is 0. The van der Waals surface area contributed by atoms with Crippen LogP contribution in [0.25, 0.3) is 0 Å². The third-order valence-corrected chi connectivity index (χ3v) is 4.51. The standard InChI is InChI=1S/C18H23NO5/c1-12-16(24-10-9-23-12)18(20)19-8-7-13(11-19)14-5-4-6-15(21-2)17(14)22-3/h4-6,13H,7-11H2,1-3H3. The number of amides is 1. The number of carbonyl (C=O) groups excluding carboxylic acids is 1. The van der Waals surface area contributed by atoms with Gasteiger partial charge in [0.25, 0.3) is 5.91 Å². The molecule has 0 spiro atoms. The molecule has 0 bridgehead atoms. The predicted molar refractivity (Wildman–Crippen MR) is 88.1 cm³/mol. The van der Waals surface area contributed by atoms with Crippen LogP contribution in [0.15, 0.2) is 29.7 Å². The summed E-state index contributed by atoms with van der Waals surface area (Å²) in [5.41, 5.74) is 1.07. The number of nitrogens with zero attached hydrogens (tertiary/aromatic N) is 1. The molecule has 130 valence electrons. The van der Waals surface area contributed by atoms with Crippen molar-refractivity contribution in [2.45, 2.75) is 19.3 Å². The number of hydrogen-bond donors (Lipinski definition) is 0. The number of rotatable bonds is 4. The van der Waals surface area contributed by atoms with Gasteiger partial charge in [0.05, 0.1) is 14.2 Å². The summed E-state index contributed by atoms with van der Waals surface area (Å²) in [6, 6.07) is 5.86. The molecule has 1 amide bonds. The third-order valence-electron chi connectivity index (χ3n) is 4.51. The topological polar surface area (TPSA) is 57.2 Å². The quantitative estimate of drug-likeness (QED) is 0.846. The van der Waals surface area contributed by atoms with Crippen molar-refractivity contribution in [3.63, 3.8) is 0 Å². The Bertz CT molecular complexity index is 655. The van der Waals surface area contributed by atoms with Gasteiger partial charge in [-0.05, 0) is 19.4 Å². The number of methoxy groups -OCH3 is 2. The fourth-order valence-electron chi connectivity index (χ4n) is 3.29. The molecule has 0 aliphatic carbocycles. The normalized spacial score (nSPS) is 20.5. The van der Waals surface area contributed by atoms with Crippen molar-refractivity contribution in [2.75, 3.05) is 40.5 Å². The van der Waals surface area contributed by atoms with Gasteiger partial charge in [-0.3, -0.25) is 4.79 Å². The van der Waals surface area contributed by atoms with E-state index in [0.29, 0.717) is 43.6 Å². The summed E-state index contributed by atoms with van der Waals surface area (Å²) in [6.07, 6.45) is 0.877. The van der Waals surface area contributed by atoms with Crippen LogP contribution in [0.4, 0.5) is 0 Å². The maximum absolute atomic E-state index is 12.7. The molecule has 0 N–H and O–H groups in total. The van der Waals surface area contributed by atoms with Crippen LogP contribution in [-0.2, 0) is 14.3 Å². The lowest BCUT2D eigenvalue weighted by Gasteiger charge is -2.24. The van der Waals surface area contributed by atoms with Crippen LogP contribution in [0, 0.1) is 0 Å². The van der Waals surface area contributed by atoms with Gasteiger partial charge in [0.2, 0.25) is 5.76 Å². The van der Waals surface area contributed by atoms with Crippen molar-refractivity contribution < 1.29 is 23.7 Å². The summed E-state index contributed by atoms with van der Waals surface area (Å²) in [5, 5.41) is 0. The van der Waals surface area contributed by atoms with Crippen molar-refractivity contribution in [1.82, 2.24) is 4.90 Å². The van der Waals surface area contributed by atoms with E-state index in [1.165, 1.54) is 0 Å². The van der Waals surface area contributed by atoms with Crippen molar-refractivity contribution in [3.05, 3.63) is 35.3 Å². The summed E-state index contributed by atoms with van der Waals surface area (Å²) in [7, 11) is 3.27. The Hall–Kier alpha value is -2.37. The average Bonchev–Trinajstić information content (AvgIpc) is 3.10. The van der Waals surface area contributed by atoms with E-state index < -0.39 is 0 Å². The number of hydrogen-bond acceptors (Lipinski definition) is 5. The van der Waals surface area contributed by atoms with Crippen LogP contribution in [0.1, 0.15) is 24.8 Å². The first-order valence-electron chi connectivity index (χ1n) is 8.12. The molecule has 1 aromatic carbocycles. The van der Waals surface area contributed by atoms with Gasteiger partial charge < -0.3 is 23.8 Å². The number of likely N-dealkylation sites (tertiary alicyclic amines) is 1. The van der Waals surface area contributed by atoms with E-state index in [2.05, 4.69) is 0 Å². The van der Waals surface area contributed by atoms with Gasteiger partial charge >= 0.3 is 0 Å². The molecule has 6 heteroatoms. The second-order valence-electron chi connectivity index (χ2n) is 5.90. The monoisotopic (exact) mass is 333 g/mol. The molecule has 1 aromatic rings. The predicted octanol–water partition coefficient (Wildman–Crippen LogP) is 2.30. The minimum absolute atomic E-state index is 0.100. The van der Waals surface area contributed by atoms with Gasteiger partial charge in [0.15, 0.2) is 11.5 Å². The fraction of sp³-hybridized carbons (Fsp3) is 0.500. The minimum atomic E-state index is -0.100. The Morgan fingerprint density at radius 1 is 1.21 bits per heavy atom. The first-order chi connectivity index (χ1) is 11.7. The minimum Gasteiger partial charge on any atom is -0.493 e. The van der Waals surface area contributed by atoms with Crippen LogP contribution >= 0.6 is 0 Å². The van der Waals surface area contributed by atoms with E-state index >= 15 is 0 Å². The molecule has 0 radical (unpaired) electrons. The van der Waals surface area contributed by atoms with Gasteiger partial charge in [0.1, 0.15) is 19.0 Å². The fourth-order valence-corrected chi connectivity index (χ4v) is 3.29. The molecule has 1 fully saturated rings. The number of benzene rings is 1. The van der Waals surface area contributed by atoms with E-state index in [4.69, 9.17) is 18.9 Å². The van der Waals surface area contributed by atoms with Crippen molar-refractivity contribution in [1.29, 1.82) is 0 Å². The number of ether oxygens (including phenoxy) is 4. The molecule has 0 aromatic heterocycles. The van der Waals surface area contributed by atoms with Crippen LogP contribution < -0.4 is 9.47 Å². The Balaban J connectivity index is 1.77. The van der Waals surface area contributed by atoms with Crippen LogP contribution in [0.3, 0.4) is 0 Å². The summed E-state index contributed by atoms with van der Waals surface area (Å²) in [5.74, 6) is 2.46. The molecular weight excluding hydrogens is 310 g/mol. The lowest BCUT2D eigenvalue weighted by molar-refractivity contribution is -0.131. The summed E-state index contributed by atoms with van der Waals surface area (Å²) in [4.78, 5) is 14.5. The van der Waals surface area contributed by atoms with E-state index in [9.17, 15) is 4.79 Å². The number of allylic oxidation sites excluding steroid dienone is 1. The Morgan fingerprint density at radius 2 is 2.00 bits per heavy atom. The van der Waals surface area contributed by atoms with Crippen molar-refractivity contribution >= 4 is 5.91 Å². The van der Waals surface area contributed by atoms with E-state index in [-0.39, 0.29) is 11.8 Å². The highest BCUT2D eigenvalue weighted by molar-refractivity contribution is 5.92. The molecule has 0 saturated carbocycles. The maximum Gasteiger partial charge on any atom is 0.292 e.